The van der Waals surface area contributed by atoms with E-state index in [9.17, 15) is 0 Å². The fourth-order valence-electron chi connectivity index (χ4n) is 19.0. The lowest BCUT2D eigenvalue weighted by Gasteiger charge is -2.48. The van der Waals surface area contributed by atoms with Gasteiger partial charge in [0.1, 0.15) is 0 Å². The molecule has 0 N–H and O–H groups in total. The van der Waals surface area contributed by atoms with Crippen molar-refractivity contribution in [2.75, 3.05) is 9.80 Å². The molecule has 0 amide bonds. The molecule has 15 aromatic carbocycles. The van der Waals surface area contributed by atoms with E-state index < -0.39 is 23.9 Å². The number of nitrogens with zero attached hydrogens (tertiary/aromatic N) is 4. The first kappa shape index (κ1) is 77.3. The van der Waals surface area contributed by atoms with Crippen LogP contribution in [0.1, 0.15) is 143 Å². The zero-order valence-corrected chi connectivity index (χ0v) is 71.5. The van der Waals surface area contributed by atoms with Crippen molar-refractivity contribution in [3.63, 3.8) is 0 Å². The third kappa shape index (κ3) is 13.2. The van der Waals surface area contributed by atoms with Gasteiger partial charge in [-0.15, -0.1) is 0 Å². The molecule has 2 aliphatic rings. The first-order valence-electron chi connectivity index (χ1n) is 42.3. The predicted octanol–water partition coefficient (Wildman–Crippen LogP) is 29.8. The summed E-state index contributed by atoms with van der Waals surface area (Å²) in [5, 5.41) is 4.65. The number of aromatic nitrogens is 2. The molecule has 4 nitrogen and oxygen atoms in total. The molecule has 592 valence electrons. The lowest BCUT2D eigenvalue weighted by molar-refractivity contribution is -0.137. The molecule has 8 heteroatoms. The van der Waals surface area contributed by atoms with E-state index in [1.165, 1.54) is 45.2 Å². The third-order valence-electron chi connectivity index (χ3n) is 25.3. The molecule has 120 heavy (non-hydrogen) atoms. The second-order valence-corrected chi connectivity index (χ2v) is 38.6. The topological polar surface area (TPSA) is 16.3 Å². The number of anilines is 6. The molecule has 0 fully saturated rings. The molecule has 0 saturated heterocycles. The van der Waals surface area contributed by atoms with Gasteiger partial charge in [-0.1, -0.05) is 310 Å². The van der Waals surface area contributed by atoms with Crippen molar-refractivity contribution in [1.29, 1.82) is 0 Å². The van der Waals surface area contributed by atoms with Gasteiger partial charge in [0.2, 0.25) is 0 Å². The Morgan fingerprint density at radius 2 is 0.483 bits per heavy atom. The molecule has 0 unspecified atom stereocenters. The largest absolute Gasteiger partial charge is 0.416 e. The Bertz CT molecular complexity index is 6680. The number of alkyl halides is 3. The summed E-state index contributed by atoms with van der Waals surface area (Å²) >= 11 is 0. The molecular weight excluding hydrogens is 1470 g/mol. The standard InChI is InChI=1S/C112H100BF3N4/c1-69-55-86(72-39-27-19-28-40-72)105(87(56-69)73-41-29-20-30-42-73)119-98-63-80(111(14,15)16)64-99-104(98)113(102-84(70-35-23-17-24-36-70)65-82(67-100(102)119)117-94-51-47-76(107(2,3)4)57-90(94)91-58-77(108(5,6)7)48-52-95(91)117)103-85(71-37-25-18-26-38-71)66-83(118-96-53-49-78(109(8,9)10)59-92(96)93-60-79(110(11,12)13)50-54-97(93)118)68-101(103)120(99)106-88(74-43-31-21-32-44-74)61-81(112(114,115)116)62-89(106)75-45-33-22-34-46-75/h17-68H,1-16H3. The normalized spacial score (nSPS) is 13.2. The summed E-state index contributed by atoms with van der Waals surface area (Å²) in [4.78, 5) is 5.08. The first-order valence-corrected chi connectivity index (χ1v) is 42.3. The zero-order valence-electron chi connectivity index (χ0n) is 71.5. The number of halogens is 3. The predicted molar refractivity (Wildman–Crippen MR) is 505 cm³/mol. The van der Waals surface area contributed by atoms with Crippen LogP contribution in [0.25, 0.3) is 122 Å². The lowest BCUT2D eigenvalue weighted by Crippen LogP contribution is -2.62. The van der Waals surface area contributed by atoms with Gasteiger partial charge in [-0.25, -0.2) is 0 Å². The Labute approximate surface area is 705 Å². The summed E-state index contributed by atoms with van der Waals surface area (Å²) in [6.07, 6.45) is -4.74. The van der Waals surface area contributed by atoms with Crippen LogP contribution in [-0.2, 0) is 33.3 Å². The highest BCUT2D eigenvalue weighted by Gasteiger charge is 2.49. The number of hydrogen-bond donors (Lipinski definition) is 0. The van der Waals surface area contributed by atoms with Crippen LogP contribution in [0.2, 0.25) is 0 Å². The van der Waals surface area contributed by atoms with Crippen molar-refractivity contribution < 1.29 is 13.2 Å². The average molecular weight is 1570 g/mol. The van der Waals surface area contributed by atoms with E-state index in [2.05, 4.69) is 372 Å². The quantitative estimate of drug-likeness (QED) is 0.127. The van der Waals surface area contributed by atoms with Crippen molar-refractivity contribution in [3.05, 3.63) is 354 Å². The third-order valence-corrected chi connectivity index (χ3v) is 25.3. The van der Waals surface area contributed by atoms with Gasteiger partial charge in [0.25, 0.3) is 6.71 Å². The monoisotopic (exact) mass is 1570 g/mol. The fourth-order valence-corrected chi connectivity index (χ4v) is 19.0. The molecule has 0 saturated carbocycles. The highest BCUT2D eigenvalue weighted by Crippen LogP contribution is 2.57. The molecule has 0 radical (unpaired) electrons. The molecule has 2 aromatic heterocycles. The summed E-state index contributed by atoms with van der Waals surface area (Å²) in [6.45, 7) is 36.1. The number of aryl methyl sites for hydroxylation is 1. The molecule has 4 heterocycles. The molecule has 0 aliphatic carbocycles. The van der Waals surface area contributed by atoms with Crippen LogP contribution >= 0.6 is 0 Å². The van der Waals surface area contributed by atoms with E-state index in [1.807, 2.05) is 60.7 Å². The Balaban J connectivity index is 1.07. The second kappa shape index (κ2) is 28.3. The number of hydrogen-bond acceptors (Lipinski definition) is 2. The minimum absolute atomic E-state index is 0.143. The Kier molecular flexibility index (Phi) is 18.2. The number of rotatable bonds is 10. The Morgan fingerprint density at radius 1 is 0.233 bits per heavy atom. The zero-order chi connectivity index (χ0) is 83.6. The van der Waals surface area contributed by atoms with E-state index in [4.69, 9.17) is 0 Å². The molecule has 0 atom stereocenters. The average Bonchev–Trinajstić information content (AvgIpc) is 0.702. The van der Waals surface area contributed by atoms with E-state index in [1.54, 1.807) is 0 Å². The minimum Gasteiger partial charge on any atom is -0.310 e. The van der Waals surface area contributed by atoms with E-state index in [0.717, 1.165) is 145 Å². The van der Waals surface area contributed by atoms with Gasteiger partial charge < -0.3 is 18.9 Å². The summed E-state index contributed by atoms with van der Waals surface area (Å²) in [5.41, 5.74) is 30.1. The molecule has 0 spiro atoms. The van der Waals surface area contributed by atoms with Crippen LogP contribution in [0, 0.1) is 6.92 Å². The maximum Gasteiger partial charge on any atom is 0.416 e. The molecular formula is C112H100BF3N4. The van der Waals surface area contributed by atoms with Crippen LogP contribution in [0.3, 0.4) is 0 Å². The van der Waals surface area contributed by atoms with Gasteiger partial charge in [0, 0.05) is 77.9 Å². The van der Waals surface area contributed by atoms with Crippen molar-refractivity contribution in [2.24, 2.45) is 0 Å². The maximum atomic E-state index is 16.7. The van der Waals surface area contributed by atoms with Crippen LogP contribution < -0.4 is 26.2 Å². The maximum absolute atomic E-state index is 16.7. The molecule has 2 aliphatic heterocycles. The molecule has 19 rings (SSSR count). The van der Waals surface area contributed by atoms with E-state index in [-0.39, 0.29) is 21.7 Å². The highest BCUT2D eigenvalue weighted by molar-refractivity contribution is 7.02. The molecule has 17 aromatic rings. The van der Waals surface area contributed by atoms with Gasteiger partial charge in [-0.3, -0.25) is 0 Å². The van der Waals surface area contributed by atoms with Gasteiger partial charge in [0.15, 0.2) is 0 Å². The van der Waals surface area contributed by atoms with Crippen LogP contribution in [0.5, 0.6) is 0 Å². The van der Waals surface area contributed by atoms with Gasteiger partial charge in [0.05, 0.1) is 39.0 Å². The van der Waals surface area contributed by atoms with Crippen molar-refractivity contribution in [2.45, 2.75) is 144 Å². The Morgan fingerprint density at radius 3 is 0.742 bits per heavy atom. The summed E-state index contributed by atoms with van der Waals surface area (Å²) < 4.78 is 55.1. The van der Waals surface area contributed by atoms with Crippen molar-refractivity contribution in [3.8, 4) is 78.1 Å². The van der Waals surface area contributed by atoms with E-state index >= 15 is 13.2 Å². The first-order chi connectivity index (χ1) is 57.2. The van der Waals surface area contributed by atoms with Gasteiger partial charge in [-0.05, 0) is 237 Å². The fraction of sp³-hybridized carbons (Fsp3) is 0.196. The summed E-state index contributed by atoms with van der Waals surface area (Å²) in [7, 11) is 0. The lowest BCUT2D eigenvalue weighted by atomic mass is 9.31. The summed E-state index contributed by atoms with van der Waals surface area (Å²) in [5.74, 6) is 0. The van der Waals surface area contributed by atoms with Crippen LogP contribution in [0.15, 0.2) is 315 Å². The van der Waals surface area contributed by atoms with Gasteiger partial charge >= 0.3 is 6.18 Å². The number of fused-ring (bicyclic) bond motifs is 10. The SMILES string of the molecule is Cc1cc(-c2ccccc2)c(N2c3cc(-n4c5ccc(C(C)(C)C)cc5c5cc(C(C)(C)C)ccc54)cc(-c4ccccc4)c3B3c4c(-c5ccccc5)cc(-n5c6ccc(C(C)(C)C)cc6c6cc(C(C)(C)C)ccc65)cc4N(c4c(-c5ccccc5)cc(C(F)(F)F)cc4-c4ccccc4)c4cc(C(C)(C)C)cc2c43)c(-c2ccccc2)c1. The van der Waals surface area contributed by atoms with Crippen LogP contribution in [0.4, 0.5) is 47.3 Å². The van der Waals surface area contributed by atoms with E-state index in [0.29, 0.717) is 27.9 Å². The smallest absolute Gasteiger partial charge is 0.310 e. The van der Waals surface area contributed by atoms with Crippen molar-refractivity contribution in [1.82, 2.24) is 9.13 Å². The second-order valence-electron chi connectivity index (χ2n) is 38.6. The van der Waals surface area contributed by atoms with Crippen LogP contribution in [-0.4, -0.2) is 15.8 Å². The van der Waals surface area contributed by atoms with Crippen molar-refractivity contribution >= 4 is 101 Å². The summed E-state index contributed by atoms with van der Waals surface area (Å²) in [6, 6.07) is 114. The Hall–Kier alpha value is -12.6. The minimum atomic E-state index is -4.74. The highest BCUT2D eigenvalue weighted by atomic mass is 19.4. The number of benzene rings is 15. The van der Waals surface area contributed by atoms with Gasteiger partial charge in [-0.2, -0.15) is 13.2 Å². The molecule has 0 bridgehead atoms.